The topological polar surface area (TPSA) is 49.4 Å². The lowest BCUT2D eigenvalue weighted by Crippen LogP contribution is -2.47. The molecule has 0 bridgehead atoms. The van der Waals surface area contributed by atoms with E-state index >= 15 is 0 Å². The van der Waals surface area contributed by atoms with Crippen molar-refractivity contribution in [3.63, 3.8) is 0 Å². The van der Waals surface area contributed by atoms with Gasteiger partial charge in [-0.3, -0.25) is 14.5 Å². The Kier molecular flexibility index (Phi) is 5.43. The molecule has 1 aliphatic heterocycles. The predicted molar refractivity (Wildman–Crippen MR) is 128 cm³/mol. The van der Waals surface area contributed by atoms with E-state index in [1.807, 2.05) is 54.6 Å². The number of carbonyl (C=O) groups is 2. The minimum atomic E-state index is -0.328. The molecule has 1 aliphatic carbocycles. The highest BCUT2D eigenvalue weighted by Gasteiger charge is 2.38. The number of para-hydroxylation sites is 1. The van der Waals surface area contributed by atoms with Gasteiger partial charge < -0.3 is 5.32 Å². The highest BCUT2D eigenvalue weighted by atomic mass is 79.9. The number of nitrogens with zero attached hydrogens (tertiary/aromatic N) is 1. The number of rotatable bonds is 5. The van der Waals surface area contributed by atoms with Gasteiger partial charge in [0.05, 0.1) is 11.3 Å². The minimum Gasteiger partial charge on any atom is -0.347 e. The fourth-order valence-corrected chi connectivity index (χ4v) is 6.65. The monoisotopic (exact) mass is 498 g/mol. The van der Waals surface area contributed by atoms with Gasteiger partial charge in [0.25, 0.3) is 5.91 Å². The van der Waals surface area contributed by atoms with Crippen LogP contribution in [-0.2, 0) is 12.8 Å². The Morgan fingerprint density at radius 2 is 1.90 bits per heavy atom. The Hall–Kier alpha value is -2.09. The van der Waals surface area contributed by atoms with Crippen LogP contribution in [0.25, 0.3) is 0 Å². The smallest absolute Gasteiger partial charge is 0.263 e. The van der Waals surface area contributed by atoms with Gasteiger partial charge >= 0.3 is 0 Å². The maximum absolute atomic E-state index is 13.6. The average Bonchev–Trinajstić information content (AvgIpc) is 3.34. The van der Waals surface area contributed by atoms with Crippen molar-refractivity contribution >= 4 is 61.4 Å². The van der Waals surface area contributed by atoms with E-state index in [1.165, 1.54) is 22.2 Å². The molecule has 1 N–H and O–H groups in total. The number of amides is 1. The van der Waals surface area contributed by atoms with E-state index in [9.17, 15) is 9.59 Å². The Labute approximate surface area is 191 Å². The normalized spacial score (nSPS) is 17.4. The highest BCUT2D eigenvalue weighted by Crippen LogP contribution is 2.44. The first-order chi connectivity index (χ1) is 14.6. The molecule has 1 atom stereocenters. The van der Waals surface area contributed by atoms with Crippen molar-refractivity contribution < 1.29 is 9.59 Å². The van der Waals surface area contributed by atoms with Crippen LogP contribution in [0.1, 0.15) is 37.6 Å². The van der Waals surface area contributed by atoms with E-state index in [0.29, 0.717) is 5.56 Å². The molecule has 1 aromatic heterocycles. The van der Waals surface area contributed by atoms with Gasteiger partial charge in [-0.2, -0.15) is 0 Å². The second kappa shape index (κ2) is 8.21. The quantitative estimate of drug-likeness (QED) is 0.440. The van der Waals surface area contributed by atoms with Crippen LogP contribution < -0.4 is 10.2 Å². The number of halogens is 1. The summed E-state index contributed by atoms with van der Waals surface area (Å²) in [6, 6.07) is 17.1. The van der Waals surface area contributed by atoms with E-state index in [4.69, 9.17) is 0 Å². The van der Waals surface area contributed by atoms with Crippen molar-refractivity contribution in [3.8, 4) is 0 Å². The molecule has 0 saturated heterocycles. The second-order valence-electron chi connectivity index (χ2n) is 7.31. The van der Waals surface area contributed by atoms with Crippen LogP contribution in [0.15, 0.2) is 59.1 Å². The molecule has 5 rings (SSSR count). The van der Waals surface area contributed by atoms with Crippen molar-refractivity contribution in [2.75, 3.05) is 16.0 Å². The van der Waals surface area contributed by atoms with E-state index in [-0.39, 0.29) is 22.9 Å². The zero-order valence-corrected chi connectivity index (χ0v) is 19.3. The van der Waals surface area contributed by atoms with Crippen LogP contribution in [0.2, 0.25) is 0 Å². The molecule has 2 aromatic carbocycles. The van der Waals surface area contributed by atoms with Gasteiger partial charge in [0, 0.05) is 20.6 Å². The summed E-state index contributed by atoms with van der Waals surface area (Å²) in [4.78, 5) is 29.4. The van der Waals surface area contributed by atoms with Gasteiger partial charge in [-0.1, -0.05) is 46.3 Å². The summed E-state index contributed by atoms with van der Waals surface area (Å²) in [6.07, 6.45) is 3.14. The number of aryl methyl sites for hydroxylation is 1. The molecule has 0 saturated carbocycles. The summed E-state index contributed by atoms with van der Waals surface area (Å²) in [5.74, 6) is 0.369. The van der Waals surface area contributed by atoms with Crippen molar-refractivity contribution in [1.82, 2.24) is 0 Å². The molecule has 0 spiro atoms. The first-order valence-electron chi connectivity index (χ1n) is 9.82. The summed E-state index contributed by atoms with van der Waals surface area (Å²) < 4.78 is 0.944. The standard InChI is InChI=1S/C23H19BrN2O2S2/c24-15-11-9-14(10-12-15)18(27)13-29-23-25-21-20(17-7-4-8-19(17)30-21)22(28)26(23)16-5-2-1-3-6-16/h1-3,5-6,9-12,23,25H,4,7-8,13H2. The number of anilines is 2. The number of thiophene rings is 1. The van der Waals surface area contributed by atoms with Gasteiger partial charge in [0.2, 0.25) is 0 Å². The van der Waals surface area contributed by atoms with Crippen LogP contribution >= 0.6 is 39.0 Å². The van der Waals surface area contributed by atoms with Crippen LogP contribution in [0, 0.1) is 0 Å². The van der Waals surface area contributed by atoms with E-state index in [1.54, 1.807) is 16.2 Å². The number of nitrogens with one attached hydrogen (secondary N) is 1. The van der Waals surface area contributed by atoms with Crippen molar-refractivity contribution in [1.29, 1.82) is 0 Å². The number of thioether (sulfide) groups is 1. The number of hydrogen-bond acceptors (Lipinski definition) is 5. The molecule has 7 heteroatoms. The number of Topliss-reactive ketones (excluding diaryl/α,β-unsaturated/α-hetero) is 1. The van der Waals surface area contributed by atoms with Crippen LogP contribution in [0.3, 0.4) is 0 Å². The van der Waals surface area contributed by atoms with E-state index in [2.05, 4.69) is 21.2 Å². The number of carbonyl (C=O) groups excluding carboxylic acids is 2. The van der Waals surface area contributed by atoms with Crippen molar-refractivity contribution in [3.05, 3.63) is 80.6 Å². The van der Waals surface area contributed by atoms with Crippen LogP contribution in [0.4, 0.5) is 10.7 Å². The number of fused-ring (bicyclic) bond motifs is 3. The minimum absolute atomic E-state index is 0.0305. The van der Waals surface area contributed by atoms with Gasteiger partial charge in [0.15, 0.2) is 11.3 Å². The molecule has 2 heterocycles. The fraction of sp³-hybridized carbons (Fsp3) is 0.217. The lowest BCUT2D eigenvalue weighted by Gasteiger charge is -2.36. The largest absolute Gasteiger partial charge is 0.347 e. The third kappa shape index (κ3) is 3.59. The van der Waals surface area contributed by atoms with Gasteiger partial charge in [0.1, 0.15) is 5.00 Å². The molecule has 3 aromatic rings. The Morgan fingerprint density at radius 3 is 2.67 bits per heavy atom. The summed E-state index contributed by atoms with van der Waals surface area (Å²) in [6.45, 7) is 0. The number of hydrogen-bond donors (Lipinski definition) is 1. The Morgan fingerprint density at radius 1 is 1.13 bits per heavy atom. The van der Waals surface area contributed by atoms with E-state index in [0.717, 1.165) is 40.0 Å². The average molecular weight is 499 g/mol. The fourth-order valence-electron chi connectivity index (χ4n) is 3.97. The summed E-state index contributed by atoms with van der Waals surface area (Å²) in [5, 5.41) is 4.50. The molecular formula is C23H19BrN2O2S2. The molecule has 1 amide bonds. The van der Waals surface area contributed by atoms with Gasteiger partial charge in [-0.05, 0) is 49.1 Å². The third-order valence-electron chi connectivity index (χ3n) is 5.42. The van der Waals surface area contributed by atoms with Gasteiger partial charge in [-0.25, -0.2) is 0 Å². The zero-order chi connectivity index (χ0) is 20.7. The molecule has 0 fully saturated rings. The van der Waals surface area contributed by atoms with Crippen LogP contribution in [0.5, 0.6) is 0 Å². The first kappa shape index (κ1) is 19.8. The molecule has 152 valence electrons. The molecular weight excluding hydrogens is 480 g/mol. The van der Waals surface area contributed by atoms with Gasteiger partial charge in [-0.15, -0.1) is 23.1 Å². The second-order valence-corrected chi connectivity index (χ2v) is 10.4. The lowest BCUT2D eigenvalue weighted by atomic mass is 10.1. The molecule has 0 radical (unpaired) electrons. The van der Waals surface area contributed by atoms with E-state index < -0.39 is 0 Å². The third-order valence-corrected chi connectivity index (χ3v) is 8.24. The van der Waals surface area contributed by atoms with Crippen molar-refractivity contribution in [2.24, 2.45) is 0 Å². The van der Waals surface area contributed by atoms with Crippen LogP contribution in [-0.4, -0.2) is 22.9 Å². The molecule has 2 aliphatic rings. The zero-order valence-electron chi connectivity index (χ0n) is 16.1. The Bertz CT molecular complexity index is 1110. The highest BCUT2D eigenvalue weighted by molar-refractivity contribution is 9.10. The Balaban J connectivity index is 1.43. The lowest BCUT2D eigenvalue weighted by molar-refractivity contribution is 0.0979. The number of benzene rings is 2. The summed E-state index contributed by atoms with van der Waals surface area (Å²) in [7, 11) is 0. The van der Waals surface area contributed by atoms with Crippen molar-refractivity contribution in [2.45, 2.75) is 24.8 Å². The predicted octanol–water partition coefficient (Wildman–Crippen LogP) is 5.97. The maximum Gasteiger partial charge on any atom is 0.263 e. The summed E-state index contributed by atoms with van der Waals surface area (Å²) >= 11 is 6.55. The SMILES string of the molecule is O=C(CSC1Nc2sc3c(c2C(=O)N1c1ccccc1)CCC3)c1ccc(Br)cc1. The first-order valence-corrected chi connectivity index (χ1v) is 12.5. The molecule has 4 nitrogen and oxygen atoms in total. The number of ketones is 1. The molecule has 30 heavy (non-hydrogen) atoms. The molecule has 1 unspecified atom stereocenters. The maximum atomic E-state index is 13.6. The summed E-state index contributed by atoms with van der Waals surface area (Å²) in [5.41, 5.74) is 3.22.